The maximum absolute atomic E-state index is 8.52. The number of nitriles is 2. The smallest absolute Gasteiger partial charge is 0.139 e. The van der Waals surface area contributed by atoms with E-state index in [2.05, 4.69) is 0 Å². The van der Waals surface area contributed by atoms with Gasteiger partial charge in [-0.25, -0.2) is 0 Å². The van der Waals surface area contributed by atoms with Gasteiger partial charge in [0.05, 0.1) is 8.42 Å². The molecule has 1 aromatic rings. The van der Waals surface area contributed by atoms with E-state index in [9.17, 15) is 0 Å². The van der Waals surface area contributed by atoms with Crippen LogP contribution in [0.3, 0.4) is 0 Å². The van der Waals surface area contributed by atoms with E-state index >= 15 is 0 Å². The van der Waals surface area contributed by atoms with E-state index in [1.807, 2.05) is 23.1 Å². The first-order valence-electron chi connectivity index (χ1n) is 3.11. The summed E-state index contributed by atoms with van der Waals surface area (Å²) in [6.07, 6.45) is 1.97. The quantitative estimate of drug-likeness (QED) is 0.600. The van der Waals surface area contributed by atoms with Crippen LogP contribution in [0.1, 0.15) is 0 Å². The van der Waals surface area contributed by atoms with Gasteiger partial charge in [0.2, 0.25) is 0 Å². The number of thiophene rings is 1. The third-order valence-corrected chi connectivity index (χ3v) is 5.00. The van der Waals surface area contributed by atoms with Crippen molar-refractivity contribution in [3.63, 3.8) is 0 Å². The lowest BCUT2D eigenvalue weighted by molar-refractivity contribution is 1.39. The van der Waals surface area contributed by atoms with E-state index < -0.39 is 0 Å². The third kappa shape index (κ3) is 2.85. The number of hydrogen-bond acceptors (Lipinski definition) is 6. The molecule has 1 aromatic heterocycles. The van der Waals surface area contributed by atoms with E-state index in [0.717, 1.165) is 36.8 Å². The maximum atomic E-state index is 8.52. The lowest BCUT2D eigenvalue weighted by Gasteiger charge is -1.89. The van der Waals surface area contributed by atoms with Crippen molar-refractivity contribution in [2.75, 3.05) is 6.26 Å². The van der Waals surface area contributed by atoms with Crippen LogP contribution < -0.4 is 0 Å². The van der Waals surface area contributed by atoms with Crippen LogP contribution in [0.15, 0.2) is 19.4 Å². The summed E-state index contributed by atoms with van der Waals surface area (Å²) < 4.78 is 2.05. The summed E-state index contributed by atoms with van der Waals surface area (Å²) in [5.74, 6) is 0. The lowest BCUT2D eigenvalue weighted by Crippen LogP contribution is -1.62. The number of hydrogen-bond donors (Lipinski definition) is 0. The molecule has 0 aliphatic heterocycles. The molecule has 1 rings (SSSR count). The SMILES string of the molecule is CSc1sc(SC#N)cc1SC#N. The van der Waals surface area contributed by atoms with E-state index in [0.29, 0.717) is 0 Å². The van der Waals surface area contributed by atoms with Crippen LogP contribution in [0.25, 0.3) is 0 Å². The second-order valence-corrected chi connectivity index (χ2v) is 5.85. The summed E-state index contributed by atoms with van der Waals surface area (Å²) in [6, 6.07) is 1.89. The van der Waals surface area contributed by atoms with Gasteiger partial charge in [-0.05, 0) is 24.1 Å². The molecule has 0 N–H and O–H groups in total. The predicted molar refractivity (Wildman–Crippen MR) is 59.0 cm³/mol. The second-order valence-electron chi connectivity index (χ2n) is 1.81. The van der Waals surface area contributed by atoms with Crippen molar-refractivity contribution < 1.29 is 0 Å². The molecule has 1 heterocycles. The molecule has 0 atom stereocenters. The van der Waals surface area contributed by atoms with Crippen molar-refractivity contribution in [1.82, 2.24) is 0 Å². The minimum Gasteiger partial charge on any atom is -0.185 e. The standard InChI is InChI=1S/C7H4N2S4/c1-10-7-5(11-3-8)2-6(13-7)12-4-9/h2H,1H3. The van der Waals surface area contributed by atoms with Crippen LogP contribution in [0.4, 0.5) is 0 Å². The van der Waals surface area contributed by atoms with E-state index in [1.165, 1.54) is 0 Å². The second kappa shape index (κ2) is 5.46. The van der Waals surface area contributed by atoms with Gasteiger partial charge in [-0.2, -0.15) is 10.5 Å². The molecule has 0 amide bonds. The number of thiocyanates is 2. The summed E-state index contributed by atoms with van der Waals surface area (Å²) >= 11 is 5.45. The van der Waals surface area contributed by atoms with E-state index in [-0.39, 0.29) is 0 Å². The van der Waals surface area contributed by atoms with Gasteiger partial charge in [0, 0.05) is 16.7 Å². The van der Waals surface area contributed by atoms with E-state index in [4.69, 9.17) is 10.5 Å². The molecule has 0 aliphatic rings. The predicted octanol–water partition coefficient (Wildman–Crippen LogP) is 3.62. The first-order valence-corrected chi connectivity index (χ1v) is 6.79. The Labute approximate surface area is 93.3 Å². The van der Waals surface area contributed by atoms with Crippen molar-refractivity contribution in [2.45, 2.75) is 13.3 Å². The lowest BCUT2D eigenvalue weighted by atomic mass is 10.7. The van der Waals surface area contributed by atoms with Crippen molar-refractivity contribution in [3.05, 3.63) is 6.07 Å². The Hall–Kier alpha value is -0.270. The van der Waals surface area contributed by atoms with Crippen LogP contribution >= 0.6 is 46.6 Å². The van der Waals surface area contributed by atoms with Crippen molar-refractivity contribution >= 4 is 46.6 Å². The highest BCUT2D eigenvalue weighted by Crippen LogP contribution is 2.40. The van der Waals surface area contributed by atoms with Gasteiger partial charge in [-0.3, -0.25) is 0 Å². The molecule has 0 unspecified atom stereocenters. The molecule has 66 valence electrons. The third-order valence-electron chi connectivity index (χ3n) is 1.13. The normalized spacial score (nSPS) is 9.15. The molecule has 6 heteroatoms. The van der Waals surface area contributed by atoms with E-state index in [1.54, 1.807) is 23.1 Å². The Morgan fingerprint density at radius 2 is 2.00 bits per heavy atom. The highest BCUT2D eigenvalue weighted by atomic mass is 32.2. The van der Waals surface area contributed by atoms with Crippen LogP contribution in [0.5, 0.6) is 0 Å². The molecule has 0 radical (unpaired) electrons. The van der Waals surface area contributed by atoms with Gasteiger partial charge in [0.25, 0.3) is 0 Å². The highest BCUT2D eigenvalue weighted by Gasteiger charge is 2.08. The zero-order chi connectivity index (χ0) is 9.68. The van der Waals surface area contributed by atoms with Gasteiger partial charge < -0.3 is 0 Å². The first kappa shape index (κ1) is 10.8. The summed E-state index contributed by atoms with van der Waals surface area (Å²) in [7, 11) is 0. The Morgan fingerprint density at radius 1 is 1.31 bits per heavy atom. The van der Waals surface area contributed by atoms with Crippen molar-refractivity contribution in [2.24, 2.45) is 0 Å². The summed E-state index contributed by atoms with van der Waals surface area (Å²) in [4.78, 5) is 0.956. The molecule has 0 fully saturated rings. The van der Waals surface area contributed by atoms with Crippen LogP contribution in [0.2, 0.25) is 0 Å². The Kier molecular flexibility index (Phi) is 4.54. The summed E-state index contributed by atoms with van der Waals surface area (Å²) in [5, 5.41) is 21.0. The van der Waals surface area contributed by atoms with Gasteiger partial charge in [0.15, 0.2) is 0 Å². The maximum Gasteiger partial charge on any atom is 0.139 e. The molecular weight excluding hydrogens is 240 g/mol. The summed E-state index contributed by atoms with van der Waals surface area (Å²) in [6.45, 7) is 0. The molecule has 0 aromatic carbocycles. The summed E-state index contributed by atoms with van der Waals surface area (Å²) in [5.41, 5.74) is 0. The first-order chi connectivity index (χ1) is 6.31. The van der Waals surface area contributed by atoms with Gasteiger partial charge in [0.1, 0.15) is 10.8 Å². The molecule has 0 saturated carbocycles. The van der Waals surface area contributed by atoms with Crippen molar-refractivity contribution in [1.29, 1.82) is 10.5 Å². The van der Waals surface area contributed by atoms with Crippen LogP contribution in [-0.4, -0.2) is 6.26 Å². The highest BCUT2D eigenvalue weighted by molar-refractivity contribution is 8.07. The Balaban J connectivity index is 2.93. The zero-order valence-corrected chi connectivity index (χ0v) is 9.87. The zero-order valence-electron chi connectivity index (χ0n) is 6.60. The van der Waals surface area contributed by atoms with Gasteiger partial charge >= 0.3 is 0 Å². The number of nitrogens with zero attached hydrogens (tertiary/aromatic N) is 2. The minimum absolute atomic E-state index is 0.949. The number of thioether (sulfide) groups is 3. The molecule has 0 saturated heterocycles. The van der Waals surface area contributed by atoms with Gasteiger partial charge in [-0.15, -0.1) is 23.1 Å². The molecule has 13 heavy (non-hydrogen) atoms. The fourth-order valence-electron chi connectivity index (χ4n) is 0.695. The fourth-order valence-corrected chi connectivity index (χ4v) is 4.16. The minimum atomic E-state index is 0.949. The Bertz CT molecular complexity index is 371. The molecular formula is C7H4N2S4. The number of rotatable bonds is 3. The average molecular weight is 244 g/mol. The monoisotopic (exact) mass is 244 g/mol. The molecule has 2 nitrogen and oxygen atoms in total. The van der Waals surface area contributed by atoms with Crippen molar-refractivity contribution in [3.8, 4) is 10.8 Å². The van der Waals surface area contributed by atoms with Crippen LogP contribution in [0, 0.1) is 21.3 Å². The fraction of sp³-hybridized carbons (Fsp3) is 0.143. The molecule has 0 aliphatic carbocycles. The largest absolute Gasteiger partial charge is 0.185 e. The topological polar surface area (TPSA) is 47.6 Å². The van der Waals surface area contributed by atoms with Crippen LogP contribution in [-0.2, 0) is 0 Å². The average Bonchev–Trinajstić information content (AvgIpc) is 2.49. The molecule has 0 bridgehead atoms. The van der Waals surface area contributed by atoms with Gasteiger partial charge in [-0.1, -0.05) is 0 Å². The molecule has 0 spiro atoms. The Morgan fingerprint density at radius 3 is 2.54 bits per heavy atom.